The van der Waals surface area contributed by atoms with Gasteiger partial charge in [0.2, 0.25) is 0 Å². The van der Waals surface area contributed by atoms with E-state index in [0.717, 1.165) is 18.9 Å². The monoisotopic (exact) mass is 409 g/mol. The fraction of sp³-hybridized carbons (Fsp3) is 0.636. The average Bonchev–Trinajstić information content (AvgIpc) is 2.65. The summed E-state index contributed by atoms with van der Waals surface area (Å²) in [6.07, 6.45) is 4.07. The Morgan fingerprint density at radius 3 is 2.17 bits per heavy atom. The first-order chi connectivity index (χ1) is 13.6. The number of benzene rings is 1. The van der Waals surface area contributed by atoms with Gasteiger partial charge in [0.25, 0.3) is 0 Å². The van der Waals surface area contributed by atoms with Crippen LogP contribution >= 0.6 is 0 Å². The molecule has 0 unspecified atom stereocenters. The van der Waals surface area contributed by atoms with Crippen LogP contribution in [0.25, 0.3) is 0 Å². The van der Waals surface area contributed by atoms with E-state index in [1.165, 1.54) is 43.5 Å². The minimum absolute atomic E-state index is 0.0954. The lowest BCUT2D eigenvalue weighted by atomic mass is 9.86. The molecule has 1 fully saturated rings. The molecular weight excluding hydrogens is 374 g/mol. The van der Waals surface area contributed by atoms with E-state index in [1.807, 2.05) is 0 Å². The van der Waals surface area contributed by atoms with Crippen LogP contribution in [0.15, 0.2) is 18.2 Å². The van der Waals surface area contributed by atoms with Gasteiger partial charge in [-0.05, 0) is 55.5 Å². The van der Waals surface area contributed by atoms with Crippen molar-refractivity contribution in [1.29, 1.82) is 0 Å². The maximum Gasteiger partial charge on any atom is 0.414 e. The van der Waals surface area contributed by atoms with Crippen LogP contribution in [0, 0.1) is 6.92 Å². The van der Waals surface area contributed by atoms with Gasteiger partial charge in [-0.1, -0.05) is 39.3 Å². The molecule has 1 aliphatic heterocycles. The maximum atomic E-state index is 9.10. The number of piperidine rings is 1. The van der Waals surface area contributed by atoms with Crippen LogP contribution in [0.2, 0.25) is 0 Å². The van der Waals surface area contributed by atoms with Crippen LogP contribution < -0.4 is 4.74 Å². The Balaban J connectivity index is 0.000000612. The summed E-state index contributed by atoms with van der Waals surface area (Å²) in [6.45, 7) is 14.4. The number of aryl methyl sites for hydroxylation is 1. The van der Waals surface area contributed by atoms with Crippen molar-refractivity contribution in [2.24, 2.45) is 0 Å². The van der Waals surface area contributed by atoms with E-state index in [0.29, 0.717) is 13.2 Å². The number of hydrogen-bond acceptors (Lipinski definition) is 5. The van der Waals surface area contributed by atoms with Gasteiger partial charge in [0.1, 0.15) is 12.4 Å². The Kier molecular flexibility index (Phi) is 10.7. The molecule has 1 aromatic rings. The van der Waals surface area contributed by atoms with Gasteiger partial charge < -0.3 is 24.6 Å². The smallest absolute Gasteiger partial charge is 0.414 e. The van der Waals surface area contributed by atoms with Gasteiger partial charge in [-0.25, -0.2) is 9.59 Å². The standard InChI is InChI=1S/C20H33NO2.C2H2O4/c1-17-8-9-18(20(2,3)4)19(16-17)23-15-14-22-13-12-21-10-6-5-7-11-21;3-1(4)2(5)6/h8-9,16H,5-7,10-15H2,1-4H3;(H,3,4)(H,5,6). The highest BCUT2D eigenvalue weighted by atomic mass is 16.5. The van der Waals surface area contributed by atoms with Crippen LogP contribution in [-0.2, 0) is 19.7 Å². The highest BCUT2D eigenvalue weighted by molar-refractivity contribution is 6.27. The topological polar surface area (TPSA) is 96.3 Å². The van der Waals surface area contributed by atoms with Gasteiger partial charge in [0.15, 0.2) is 0 Å². The van der Waals surface area contributed by atoms with Gasteiger partial charge >= 0.3 is 11.9 Å². The van der Waals surface area contributed by atoms with Crippen molar-refractivity contribution in [2.75, 3.05) is 39.5 Å². The Hall–Kier alpha value is -2.12. The molecule has 0 saturated carbocycles. The fourth-order valence-corrected chi connectivity index (χ4v) is 3.06. The Bertz CT molecular complexity index is 635. The molecule has 2 rings (SSSR count). The second kappa shape index (κ2) is 12.4. The second-order valence-electron chi connectivity index (χ2n) is 8.22. The first-order valence-corrected chi connectivity index (χ1v) is 10.1. The van der Waals surface area contributed by atoms with Crippen molar-refractivity contribution in [3.8, 4) is 5.75 Å². The predicted octanol–water partition coefficient (Wildman–Crippen LogP) is 3.33. The van der Waals surface area contributed by atoms with E-state index >= 15 is 0 Å². The van der Waals surface area contributed by atoms with Gasteiger partial charge in [-0.3, -0.25) is 0 Å². The molecule has 0 amide bonds. The van der Waals surface area contributed by atoms with E-state index in [4.69, 9.17) is 29.3 Å². The molecule has 1 aromatic carbocycles. The van der Waals surface area contributed by atoms with E-state index in [2.05, 4.69) is 50.8 Å². The highest BCUT2D eigenvalue weighted by Gasteiger charge is 2.19. The molecule has 164 valence electrons. The normalized spacial score (nSPS) is 14.6. The molecule has 0 aromatic heterocycles. The Morgan fingerprint density at radius 1 is 1.00 bits per heavy atom. The van der Waals surface area contributed by atoms with Crippen molar-refractivity contribution < 1.29 is 29.3 Å². The number of carboxylic acid groups (broad SMARTS) is 2. The maximum absolute atomic E-state index is 9.10. The SMILES string of the molecule is Cc1ccc(C(C)(C)C)c(OCCOCCN2CCCCC2)c1.O=C(O)C(=O)O. The number of likely N-dealkylation sites (tertiary alicyclic amines) is 1. The van der Waals surface area contributed by atoms with Gasteiger partial charge in [-0.15, -0.1) is 0 Å². The summed E-state index contributed by atoms with van der Waals surface area (Å²) in [6, 6.07) is 6.47. The highest BCUT2D eigenvalue weighted by Crippen LogP contribution is 2.32. The largest absolute Gasteiger partial charge is 0.491 e. The summed E-state index contributed by atoms with van der Waals surface area (Å²) in [5, 5.41) is 14.8. The fourth-order valence-electron chi connectivity index (χ4n) is 3.06. The molecule has 1 saturated heterocycles. The zero-order chi connectivity index (χ0) is 21.9. The van der Waals surface area contributed by atoms with E-state index in [9.17, 15) is 0 Å². The first-order valence-electron chi connectivity index (χ1n) is 10.1. The van der Waals surface area contributed by atoms with Crippen LogP contribution in [0.1, 0.15) is 51.2 Å². The van der Waals surface area contributed by atoms with Crippen molar-refractivity contribution in [3.63, 3.8) is 0 Å². The molecule has 0 spiro atoms. The molecule has 7 nitrogen and oxygen atoms in total. The lowest BCUT2D eigenvalue weighted by molar-refractivity contribution is -0.159. The zero-order valence-corrected chi connectivity index (χ0v) is 18.1. The molecule has 0 radical (unpaired) electrons. The third-order valence-corrected chi connectivity index (χ3v) is 4.61. The lowest BCUT2D eigenvalue weighted by Gasteiger charge is -2.26. The van der Waals surface area contributed by atoms with Crippen LogP contribution in [0.4, 0.5) is 0 Å². The van der Waals surface area contributed by atoms with Gasteiger partial charge in [-0.2, -0.15) is 0 Å². The van der Waals surface area contributed by atoms with Gasteiger partial charge in [0, 0.05) is 6.54 Å². The average molecular weight is 410 g/mol. The molecule has 2 N–H and O–H groups in total. The minimum atomic E-state index is -1.82. The Morgan fingerprint density at radius 2 is 1.62 bits per heavy atom. The minimum Gasteiger partial charge on any atom is -0.491 e. The lowest BCUT2D eigenvalue weighted by Crippen LogP contribution is -2.32. The molecule has 1 heterocycles. The van der Waals surface area contributed by atoms with Crippen molar-refractivity contribution in [3.05, 3.63) is 29.3 Å². The van der Waals surface area contributed by atoms with Crippen LogP contribution in [-0.4, -0.2) is 66.5 Å². The summed E-state index contributed by atoms with van der Waals surface area (Å²) in [5.41, 5.74) is 2.59. The van der Waals surface area contributed by atoms with Crippen molar-refractivity contribution in [2.45, 2.75) is 52.4 Å². The molecule has 0 bridgehead atoms. The third kappa shape index (κ3) is 10.3. The van der Waals surface area contributed by atoms with Crippen molar-refractivity contribution >= 4 is 11.9 Å². The number of nitrogens with zero attached hydrogens (tertiary/aromatic N) is 1. The first kappa shape index (κ1) is 24.9. The van der Waals surface area contributed by atoms with Crippen LogP contribution in [0.5, 0.6) is 5.75 Å². The van der Waals surface area contributed by atoms with Crippen molar-refractivity contribution in [1.82, 2.24) is 4.90 Å². The van der Waals surface area contributed by atoms with Crippen LogP contribution in [0.3, 0.4) is 0 Å². The second-order valence-corrected chi connectivity index (χ2v) is 8.22. The number of rotatable bonds is 7. The number of hydrogen-bond donors (Lipinski definition) is 2. The summed E-state index contributed by atoms with van der Waals surface area (Å²) < 4.78 is 11.7. The molecule has 0 aliphatic carbocycles. The Labute approximate surface area is 173 Å². The summed E-state index contributed by atoms with van der Waals surface area (Å²) in [5.74, 6) is -2.65. The molecular formula is C22H35NO6. The third-order valence-electron chi connectivity index (χ3n) is 4.61. The number of ether oxygens (including phenoxy) is 2. The van der Waals surface area contributed by atoms with E-state index < -0.39 is 11.9 Å². The number of aliphatic carboxylic acids is 2. The summed E-state index contributed by atoms with van der Waals surface area (Å²) >= 11 is 0. The van der Waals surface area contributed by atoms with Gasteiger partial charge in [0.05, 0.1) is 13.2 Å². The summed E-state index contributed by atoms with van der Waals surface area (Å²) in [7, 11) is 0. The molecule has 1 aliphatic rings. The molecule has 29 heavy (non-hydrogen) atoms. The zero-order valence-electron chi connectivity index (χ0n) is 18.1. The van der Waals surface area contributed by atoms with E-state index in [1.54, 1.807) is 0 Å². The van der Waals surface area contributed by atoms with E-state index in [-0.39, 0.29) is 5.41 Å². The summed E-state index contributed by atoms with van der Waals surface area (Å²) in [4.78, 5) is 20.7. The molecule has 7 heteroatoms. The molecule has 0 atom stereocenters. The quantitative estimate of drug-likeness (QED) is 0.527. The number of carbonyl (C=O) groups is 2. The number of carboxylic acids is 2. The predicted molar refractivity (Wildman–Crippen MR) is 112 cm³/mol.